The predicted molar refractivity (Wildman–Crippen MR) is 63.0 cm³/mol. The van der Waals surface area contributed by atoms with Crippen molar-refractivity contribution >= 4 is 12.0 Å². The molecule has 1 atom stereocenters. The first-order chi connectivity index (χ1) is 8.15. The number of carboxylic acid groups (broad SMARTS) is 1. The van der Waals surface area contributed by atoms with Crippen molar-refractivity contribution in [3.8, 4) is 5.75 Å². The van der Waals surface area contributed by atoms with Crippen LogP contribution in [-0.2, 0) is 9.53 Å². The van der Waals surface area contributed by atoms with Gasteiger partial charge in [0.25, 0.3) is 0 Å². The van der Waals surface area contributed by atoms with Gasteiger partial charge < -0.3 is 14.6 Å². The van der Waals surface area contributed by atoms with Crippen molar-refractivity contribution in [1.82, 2.24) is 0 Å². The fourth-order valence-electron chi connectivity index (χ4n) is 1.33. The first-order valence-electron chi connectivity index (χ1n) is 5.41. The highest BCUT2D eigenvalue weighted by Crippen LogP contribution is 2.17. The van der Waals surface area contributed by atoms with E-state index in [-0.39, 0.29) is 6.10 Å². The van der Waals surface area contributed by atoms with Gasteiger partial charge in [-0.3, -0.25) is 0 Å². The van der Waals surface area contributed by atoms with Gasteiger partial charge in [-0.25, -0.2) is 4.79 Å². The van der Waals surface area contributed by atoms with Crippen LogP contribution in [0.1, 0.15) is 12.5 Å². The summed E-state index contributed by atoms with van der Waals surface area (Å²) < 4.78 is 10.5. The molecule has 1 saturated heterocycles. The molecule has 0 radical (unpaired) electrons. The lowest BCUT2D eigenvalue weighted by Crippen LogP contribution is -2.03. The summed E-state index contributed by atoms with van der Waals surface area (Å²) in [6.07, 6.45) is 1.86. The molecule has 0 aromatic heterocycles. The standard InChI is InChI=1S/C13H14O4/c1-9(13(14)15)6-10-2-4-11(5-3-10)16-7-12-8-17-12/h2-6,12H,7-8H2,1H3,(H,14,15). The summed E-state index contributed by atoms with van der Waals surface area (Å²) in [4.78, 5) is 10.6. The number of carbonyl (C=O) groups is 1. The Balaban J connectivity index is 1.96. The first-order valence-corrected chi connectivity index (χ1v) is 5.41. The van der Waals surface area contributed by atoms with Crippen LogP contribution in [0.2, 0.25) is 0 Å². The van der Waals surface area contributed by atoms with Gasteiger partial charge in [-0.05, 0) is 30.7 Å². The van der Waals surface area contributed by atoms with Gasteiger partial charge in [0.05, 0.1) is 6.61 Å². The zero-order valence-corrected chi connectivity index (χ0v) is 9.55. The van der Waals surface area contributed by atoms with E-state index in [1.807, 2.05) is 24.3 Å². The number of carboxylic acids is 1. The lowest BCUT2D eigenvalue weighted by Gasteiger charge is -2.04. The maximum atomic E-state index is 10.6. The van der Waals surface area contributed by atoms with Crippen molar-refractivity contribution in [2.45, 2.75) is 13.0 Å². The zero-order valence-electron chi connectivity index (χ0n) is 9.55. The summed E-state index contributed by atoms with van der Waals surface area (Å²) in [5.74, 6) is -0.137. The fourth-order valence-corrected chi connectivity index (χ4v) is 1.33. The Morgan fingerprint density at radius 1 is 1.53 bits per heavy atom. The topological polar surface area (TPSA) is 59.1 Å². The molecule has 0 spiro atoms. The van der Waals surface area contributed by atoms with Gasteiger partial charge in [-0.2, -0.15) is 0 Å². The van der Waals surface area contributed by atoms with E-state index in [4.69, 9.17) is 14.6 Å². The molecule has 90 valence electrons. The van der Waals surface area contributed by atoms with Crippen LogP contribution in [-0.4, -0.2) is 30.4 Å². The van der Waals surface area contributed by atoms with Gasteiger partial charge in [0, 0.05) is 5.57 Å². The highest BCUT2D eigenvalue weighted by atomic mass is 16.6. The molecule has 1 aromatic rings. The molecule has 1 aliphatic rings. The molecule has 4 heteroatoms. The van der Waals surface area contributed by atoms with Gasteiger partial charge in [-0.15, -0.1) is 0 Å². The normalized spacial score (nSPS) is 18.9. The summed E-state index contributed by atoms with van der Waals surface area (Å²) in [5, 5.41) is 8.74. The Morgan fingerprint density at radius 3 is 2.71 bits per heavy atom. The average Bonchev–Trinajstić information content (AvgIpc) is 3.12. The molecule has 17 heavy (non-hydrogen) atoms. The SMILES string of the molecule is CC(=Cc1ccc(OCC2CO2)cc1)C(=O)O. The highest BCUT2D eigenvalue weighted by Gasteiger charge is 2.22. The van der Waals surface area contributed by atoms with E-state index in [2.05, 4.69) is 0 Å². The first kappa shape index (κ1) is 11.7. The summed E-state index contributed by atoms with van der Waals surface area (Å²) in [5.41, 5.74) is 1.16. The number of aliphatic carboxylic acids is 1. The number of hydrogen-bond acceptors (Lipinski definition) is 3. The van der Waals surface area contributed by atoms with Crippen molar-refractivity contribution in [2.24, 2.45) is 0 Å². The molecule has 1 N–H and O–H groups in total. The number of epoxide rings is 1. The summed E-state index contributed by atoms with van der Waals surface area (Å²) in [6.45, 7) is 2.92. The smallest absolute Gasteiger partial charge is 0.331 e. The summed E-state index contributed by atoms with van der Waals surface area (Å²) in [6, 6.07) is 7.30. The Morgan fingerprint density at radius 2 is 2.18 bits per heavy atom. The molecule has 0 aliphatic carbocycles. The predicted octanol–water partition coefficient (Wildman–Crippen LogP) is 1.95. The fraction of sp³-hybridized carbons (Fsp3) is 0.308. The van der Waals surface area contributed by atoms with Crippen LogP contribution < -0.4 is 4.74 Å². The second kappa shape index (κ2) is 5.01. The van der Waals surface area contributed by atoms with Gasteiger partial charge in [0.1, 0.15) is 18.5 Å². The van der Waals surface area contributed by atoms with E-state index in [9.17, 15) is 4.79 Å². The lowest BCUT2D eigenvalue weighted by atomic mass is 10.1. The Kier molecular flexibility index (Phi) is 3.44. The van der Waals surface area contributed by atoms with Crippen molar-refractivity contribution in [3.05, 3.63) is 35.4 Å². The van der Waals surface area contributed by atoms with Crippen molar-refractivity contribution in [2.75, 3.05) is 13.2 Å². The molecule has 1 aromatic carbocycles. The van der Waals surface area contributed by atoms with E-state index in [0.29, 0.717) is 12.2 Å². The van der Waals surface area contributed by atoms with Gasteiger partial charge >= 0.3 is 5.97 Å². The Labute approximate surface area is 99.5 Å². The lowest BCUT2D eigenvalue weighted by molar-refractivity contribution is -0.132. The van der Waals surface area contributed by atoms with Crippen LogP contribution in [0, 0.1) is 0 Å². The third kappa shape index (κ3) is 3.60. The molecule has 1 unspecified atom stereocenters. The van der Waals surface area contributed by atoms with E-state index in [1.54, 1.807) is 13.0 Å². The second-order valence-corrected chi connectivity index (χ2v) is 3.97. The molecule has 0 bridgehead atoms. The maximum Gasteiger partial charge on any atom is 0.331 e. The Bertz CT molecular complexity index is 429. The van der Waals surface area contributed by atoms with Gasteiger partial charge in [-0.1, -0.05) is 12.1 Å². The molecular formula is C13H14O4. The maximum absolute atomic E-state index is 10.6. The van der Waals surface area contributed by atoms with E-state index in [1.165, 1.54) is 0 Å². The molecule has 4 nitrogen and oxygen atoms in total. The number of benzene rings is 1. The molecule has 1 fully saturated rings. The Hall–Kier alpha value is -1.81. The van der Waals surface area contributed by atoms with Crippen molar-refractivity contribution in [3.63, 3.8) is 0 Å². The molecule has 1 aliphatic heterocycles. The minimum atomic E-state index is -0.906. The van der Waals surface area contributed by atoms with Crippen LogP contribution in [0.5, 0.6) is 5.75 Å². The molecular weight excluding hydrogens is 220 g/mol. The number of hydrogen-bond donors (Lipinski definition) is 1. The van der Waals surface area contributed by atoms with Crippen molar-refractivity contribution < 1.29 is 19.4 Å². The molecule has 2 rings (SSSR count). The third-order valence-electron chi connectivity index (χ3n) is 2.44. The summed E-state index contributed by atoms with van der Waals surface area (Å²) in [7, 11) is 0. The van der Waals surface area contributed by atoms with E-state index in [0.717, 1.165) is 17.9 Å². The minimum absolute atomic E-state index is 0.240. The number of ether oxygens (including phenoxy) is 2. The average molecular weight is 234 g/mol. The highest BCUT2D eigenvalue weighted by molar-refractivity contribution is 5.91. The second-order valence-electron chi connectivity index (χ2n) is 3.97. The zero-order chi connectivity index (χ0) is 12.3. The van der Waals surface area contributed by atoms with Crippen LogP contribution in [0.15, 0.2) is 29.8 Å². The quantitative estimate of drug-likeness (QED) is 0.625. The largest absolute Gasteiger partial charge is 0.491 e. The van der Waals surface area contributed by atoms with Gasteiger partial charge in [0.2, 0.25) is 0 Å². The number of rotatable bonds is 5. The van der Waals surface area contributed by atoms with Crippen LogP contribution in [0.25, 0.3) is 6.08 Å². The molecule has 0 saturated carbocycles. The monoisotopic (exact) mass is 234 g/mol. The van der Waals surface area contributed by atoms with Gasteiger partial charge in [0.15, 0.2) is 0 Å². The van der Waals surface area contributed by atoms with Crippen LogP contribution >= 0.6 is 0 Å². The van der Waals surface area contributed by atoms with Crippen LogP contribution in [0.4, 0.5) is 0 Å². The van der Waals surface area contributed by atoms with E-state index >= 15 is 0 Å². The molecule has 1 heterocycles. The minimum Gasteiger partial charge on any atom is -0.491 e. The molecule has 0 amide bonds. The summed E-state index contributed by atoms with van der Waals surface area (Å²) >= 11 is 0. The van der Waals surface area contributed by atoms with E-state index < -0.39 is 5.97 Å². The van der Waals surface area contributed by atoms with Crippen LogP contribution in [0.3, 0.4) is 0 Å². The third-order valence-corrected chi connectivity index (χ3v) is 2.44. The van der Waals surface area contributed by atoms with Crippen molar-refractivity contribution in [1.29, 1.82) is 0 Å².